The Morgan fingerprint density at radius 1 is 1.25 bits per heavy atom. The first-order valence-electron chi connectivity index (χ1n) is 5.97. The number of hydrogen-bond donors (Lipinski definition) is 4. The normalized spacial score (nSPS) is 11.6. The maximum absolute atomic E-state index is 11.6. The molecule has 0 radical (unpaired) electrons. The van der Waals surface area contributed by atoms with Crippen molar-refractivity contribution in [3.05, 3.63) is 29.8 Å². The average Bonchev–Trinajstić information content (AvgIpc) is 2.35. The molecule has 0 saturated carbocycles. The van der Waals surface area contributed by atoms with Crippen molar-refractivity contribution in [3.63, 3.8) is 0 Å². The van der Waals surface area contributed by atoms with E-state index >= 15 is 0 Å². The number of nitrogen functional groups attached to an aromatic ring is 1. The van der Waals surface area contributed by atoms with Crippen LogP contribution in [0.1, 0.15) is 18.4 Å². The van der Waals surface area contributed by atoms with Gasteiger partial charge in [-0.1, -0.05) is 12.1 Å². The van der Waals surface area contributed by atoms with Crippen LogP contribution >= 0.6 is 0 Å². The van der Waals surface area contributed by atoms with Gasteiger partial charge in [-0.25, -0.2) is 4.79 Å². The molecule has 1 aromatic carbocycles. The summed E-state index contributed by atoms with van der Waals surface area (Å²) in [7, 11) is 0. The van der Waals surface area contributed by atoms with E-state index in [2.05, 4.69) is 5.32 Å². The maximum Gasteiger partial charge on any atom is 0.326 e. The number of rotatable bonds is 7. The first kappa shape index (κ1) is 15.5. The number of aryl methyl sites for hydroxylation is 1. The Balaban J connectivity index is 2.49. The standard InChI is InChI=1S/C13H16N2O5/c14-9-3-1-2-8(6-9)4-5-11(16)15-10(13(19)20)7-12(17)18/h1-3,6,10H,4-5,7,14H2,(H,15,16)(H,17,18)(H,19,20). The summed E-state index contributed by atoms with van der Waals surface area (Å²) in [5.74, 6) is -3.17. The van der Waals surface area contributed by atoms with Crippen molar-refractivity contribution >= 4 is 23.5 Å². The molecule has 0 spiro atoms. The van der Waals surface area contributed by atoms with Gasteiger partial charge in [0.15, 0.2) is 0 Å². The van der Waals surface area contributed by atoms with Crippen LogP contribution in [-0.2, 0) is 20.8 Å². The summed E-state index contributed by atoms with van der Waals surface area (Å²) in [5, 5.41) is 19.5. The van der Waals surface area contributed by atoms with Gasteiger partial charge in [0.05, 0.1) is 6.42 Å². The number of carboxylic acids is 2. The summed E-state index contributed by atoms with van der Waals surface area (Å²) >= 11 is 0. The van der Waals surface area contributed by atoms with Gasteiger partial charge in [-0.2, -0.15) is 0 Å². The molecular weight excluding hydrogens is 264 g/mol. The molecule has 7 nitrogen and oxygen atoms in total. The van der Waals surface area contributed by atoms with Crippen LogP contribution < -0.4 is 11.1 Å². The zero-order valence-corrected chi connectivity index (χ0v) is 10.7. The van der Waals surface area contributed by atoms with Crippen LogP contribution in [0.2, 0.25) is 0 Å². The molecule has 0 aromatic heterocycles. The van der Waals surface area contributed by atoms with E-state index < -0.39 is 30.3 Å². The molecule has 7 heteroatoms. The van der Waals surface area contributed by atoms with Crippen molar-refractivity contribution < 1.29 is 24.6 Å². The summed E-state index contributed by atoms with van der Waals surface area (Å²) < 4.78 is 0. The third-order valence-corrected chi connectivity index (χ3v) is 2.60. The SMILES string of the molecule is Nc1cccc(CCC(=O)NC(CC(=O)O)C(=O)O)c1. The third kappa shape index (κ3) is 5.38. The third-order valence-electron chi connectivity index (χ3n) is 2.60. The van der Waals surface area contributed by atoms with Crippen LogP contribution in [-0.4, -0.2) is 34.1 Å². The number of carbonyl (C=O) groups excluding carboxylic acids is 1. The van der Waals surface area contributed by atoms with Crippen LogP contribution in [0.5, 0.6) is 0 Å². The fourth-order valence-electron chi connectivity index (χ4n) is 1.65. The Bertz CT molecular complexity index is 515. The average molecular weight is 280 g/mol. The van der Waals surface area contributed by atoms with E-state index in [1.165, 1.54) is 0 Å². The van der Waals surface area contributed by atoms with Crippen LogP contribution in [0.15, 0.2) is 24.3 Å². The maximum atomic E-state index is 11.6. The highest BCUT2D eigenvalue weighted by Gasteiger charge is 2.22. The number of carbonyl (C=O) groups is 3. The number of aliphatic carboxylic acids is 2. The Kier molecular flexibility index (Phi) is 5.52. The molecule has 1 unspecified atom stereocenters. The Morgan fingerprint density at radius 3 is 2.50 bits per heavy atom. The van der Waals surface area contributed by atoms with Crippen LogP contribution in [0.25, 0.3) is 0 Å². The van der Waals surface area contributed by atoms with E-state index in [0.29, 0.717) is 12.1 Å². The molecule has 0 bridgehead atoms. The minimum Gasteiger partial charge on any atom is -0.481 e. The first-order chi connectivity index (χ1) is 9.38. The van der Waals surface area contributed by atoms with Crippen LogP contribution in [0.4, 0.5) is 5.69 Å². The molecule has 0 aliphatic heterocycles. The van der Waals surface area contributed by atoms with Gasteiger partial charge >= 0.3 is 11.9 Å². The summed E-state index contributed by atoms with van der Waals surface area (Å²) in [5.41, 5.74) is 7.03. The number of nitrogens with two attached hydrogens (primary N) is 1. The summed E-state index contributed by atoms with van der Waals surface area (Å²) in [6.07, 6.45) is -0.192. The van der Waals surface area contributed by atoms with E-state index in [9.17, 15) is 14.4 Å². The highest BCUT2D eigenvalue weighted by Crippen LogP contribution is 2.08. The molecule has 20 heavy (non-hydrogen) atoms. The number of amides is 1. The molecule has 1 rings (SSSR count). The number of hydrogen-bond acceptors (Lipinski definition) is 4. The second-order valence-electron chi connectivity index (χ2n) is 4.30. The molecule has 0 aliphatic carbocycles. The van der Waals surface area contributed by atoms with E-state index in [4.69, 9.17) is 15.9 Å². The van der Waals surface area contributed by atoms with E-state index in [1.54, 1.807) is 24.3 Å². The molecule has 1 atom stereocenters. The van der Waals surface area contributed by atoms with Crippen molar-refractivity contribution in [1.82, 2.24) is 5.32 Å². The van der Waals surface area contributed by atoms with Crippen molar-refractivity contribution in [2.24, 2.45) is 0 Å². The minimum absolute atomic E-state index is 0.0624. The smallest absolute Gasteiger partial charge is 0.326 e. The first-order valence-corrected chi connectivity index (χ1v) is 5.97. The Labute approximate surface area is 115 Å². The molecular formula is C13H16N2O5. The van der Waals surface area contributed by atoms with Gasteiger partial charge in [0.1, 0.15) is 6.04 Å². The fraction of sp³-hybridized carbons (Fsp3) is 0.308. The molecule has 108 valence electrons. The van der Waals surface area contributed by atoms with Gasteiger partial charge in [-0.15, -0.1) is 0 Å². The second kappa shape index (κ2) is 7.13. The lowest BCUT2D eigenvalue weighted by molar-refractivity contribution is -0.147. The highest BCUT2D eigenvalue weighted by atomic mass is 16.4. The quantitative estimate of drug-likeness (QED) is 0.529. The fourth-order valence-corrected chi connectivity index (χ4v) is 1.65. The lowest BCUT2D eigenvalue weighted by atomic mass is 10.1. The number of carboxylic acid groups (broad SMARTS) is 2. The summed E-state index contributed by atoms with van der Waals surface area (Å²) in [4.78, 5) is 32.9. The van der Waals surface area contributed by atoms with Crippen LogP contribution in [0.3, 0.4) is 0 Å². The summed E-state index contributed by atoms with van der Waals surface area (Å²) in [6.45, 7) is 0. The number of benzene rings is 1. The zero-order chi connectivity index (χ0) is 15.1. The van der Waals surface area contributed by atoms with Crippen molar-refractivity contribution in [1.29, 1.82) is 0 Å². The monoisotopic (exact) mass is 280 g/mol. The Morgan fingerprint density at radius 2 is 1.95 bits per heavy atom. The zero-order valence-electron chi connectivity index (χ0n) is 10.7. The number of anilines is 1. The predicted octanol–water partition coefficient (Wildman–Crippen LogP) is 0.245. The minimum atomic E-state index is -1.42. The van der Waals surface area contributed by atoms with Gasteiger partial charge in [-0.05, 0) is 24.1 Å². The number of nitrogens with one attached hydrogen (secondary N) is 1. The predicted molar refractivity (Wildman–Crippen MR) is 71.0 cm³/mol. The summed E-state index contributed by atoms with van der Waals surface area (Å²) in [6, 6.07) is 5.58. The van der Waals surface area contributed by atoms with E-state index in [1.807, 2.05) is 0 Å². The van der Waals surface area contributed by atoms with Gasteiger partial charge in [0, 0.05) is 12.1 Å². The van der Waals surface area contributed by atoms with Crippen molar-refractivity contribution in [2.75, 3.05) is 5.73 Å². The lowest BCUT2D eigenvalue weighted by Crippen LogP contribution is -2.42. The Hall–Kier alpha value is -2.57. The molecule has 1 aromatic rings. The molecule has 0 fully saturated rings. The van der Waals surface area contributed by atoms with Gasteiger partial charge in [0.25, 0.3) is 0 Å². The van der Waals surface area contributed by atoms with Gasteiger partial charge in [0.2, 0.25) is 5.91 Å². The topological polar surface area (TPSA) is 130 Å². The largest absolute Gasteiger partial charge is 0.481 e. The lowest BCUT2D eigenvalue weighted by Gasteiger charge is -2.12. The van der Waals surface area contributed by atoms with Crippen molar-refractivity contribution in [2.45, 2.75) is 25.3 Å². The van der Waals surface area contributed by atoms with Gasteiger partial charge in [-0.3, -0.25) is 9.59 Å². The second-order valence-corrected chi connectivity index (χ2v) is 4.30. The molecule has 5 N–H and O–H groups in total. The van der Waals surface area contributed by atoms with Gasteiger partial charge < -0.3 is 21.3 Å². The molecule has 0 heterocycles. The van der Waals surface area contributed by atoms with E-state index in [0.717, 1.165) is 5.56 Å². The molecule has 0 saturated heterocycles. The van der Waals surface area contributed by atoms with E-state index in [-0.39, 0.29) is 6.42 Å². The van der Waals surface area contributed by atoms with Crippen LogP contribution in [0, 0.1) is 0 Å². The van der Waals surface area contributed by atoms with Crippen molar-refractivity contribution in [3.8, 4) is 0 Å². The highest BCUT2D eigenvalue weighted by molar-refractivity contribution is 5.86. The molecule has 1 amide bonds. The molecule has 0 aliphatic rings.